The van der Waals surface area contributed by atoms with Crippen LogP contribution in [0.3, 0.4) is 0 Å². The first kappa shape index (κ1) is 10.0. The monoisotopic (exact) mass is 277 g/mol. The molecule has 4 heteroatoms. The minimum Gasteiger partial charge on any atom is -0.317 e. The van der Waals surface area contributed by atoms with E-state index in [0.29, 0.717) is 0 Å². The lowest BCUT2D eigenvalue weighted by Crippen LogP contribution is -2.28. The Morgan fingerprint density at radius 1 is 1.38 bits per heavy atom. The standard InChI is InChI=1S/C9H12BrNS2/c10-8-1-2-9(13-8)12-7-3-5-11-6-4-7/h1-2,7,11H,3-6H2. The zero-order chi connectivity index (χ0) is 9.10. The summed E-state index contributed by atoms with van der Waals surface area (Å²) in [7, 11) is 0. The van der Waals surface area contributed by atoms with Crippen LogP contribution in [-0.2, 0) is 0 Å². The Bertz CT molecular complexity index is 268. The molecular weight excluding hydrogens is 266 g/mol. The van der Waals surface area contributed by atoms with Gasteiger partial charge in [0.05, 0.1) is 8.00 Å². The number of nitrogens with one attached hydrogen (secondary N) is 1. The minimum atomic E-state index is 0.826. The molecule has 0 aromatic carbocycles. The van der Waals surface area contributed by atoms with Crippen LogP contribution in [-0.4, -0.2) is 18.3 Å². The summed E-state index contributed by atoms with van der Waals surface area (Å²) in [6, 6.07) is 4.34. The van der Waals surface area contributed by atoms with Crippen molar-refractivity contribution < 1.29 is 0 Å². The van der Waals surface area contributed by atoms with Crippen molar-refractivity contribution >= 4 is 39.0 Å². The molecule has 1 aromatic heterocycles. The van der Waals surface area contributed by atoms with E-state index in [-0.39, 0.29) is 0 Å². The van der Waals surface area contributed by atoms with Crippen LogP contribution in [0.4, 0.5) is 0 Å². The first-order valence-corrected chi connectivity index (χ1v) is 6.96. The first-order valence-electron chi connectivity index (χ1n) is 4.47. The summed E-state index contributed by atoms with van der Waals surface area (Å²) in [5, 5.41) is 4.21. The zero-order valence-corrected chi connectivity index (χ0v) is 10.5. The van der Waals surface area contributed by atoms with Crippen LogP contribution >= 0.6 is 39.0 Å². The van der Waals surface area contributed by atoms with Crippen molar-refractivity contribution in [3.05, 3.63) is 15.9 Å². The van der Waals surface area contributed by atoms with E-state index in [1.807, 2.05) is 23.1 Å². The fraction of sp³-hybridized carbons (Fsp3) is 0.556. The van der Waals surface area contributed by atoms with Crippen molar-refractivity contribution in [2.45, 2.75) is 22.3 Å². The van der Waals surface area contributed by atoms with E-state index < -0.39 is 0 Å². The second kappa shape index (κ2) is 4.82. The Balaban J connectivity index is 1.89. The summed E-state index contributed by atoms with van der Waals surface area (Å²) in [4.78, 5) is 0. The Hall–Kier alpha value is 0.490. The normalized spacial score (nSPS) is 19.2. The summed E-state index contributed by atoms with van der Waals surface area (Å²) < 4.78 is 2.68. The van der Waals surface area contributed by atoms with Crippen LogP contribution < -0.4 is 5.32 Å². The molecular formula is C9H12BrNS2. The molecule has 1 fully saturated rings. The Morgan fingerprint density at radius 3 is 2.77 bits per heavy atom. The topological polar surface area (TPSA) is 12.0 Å². The Labute approximate surface area is 95.4 Å². The number of halogens is 1. The van der Waals surface area contributed by atoms with Gasteiger partial charge < -0.3 is 5.32 Å². The molecule has 13 heavy (non-hydrogen) atoms. The van der Waals surface area contributed by atoms with Gasteiger partial charge in [-0.05, 0) is 54.0 Å². The molecule has 1 aliphatic rings. The third-order valence-electron chi connectivity index (χ3n) is 2.12. The molecule has 0 unspecified atom stereocenters. The largest absolute Gasteiger partial charge is 0.317 e. The molecule has 2 heterocycles. The maximum atomic E-state index is 3.49. The van der Waals surface area contributed by atoms with E-state index >= 15 is 0 Å². The molecule has 2 rings (SSSR count). The Morgan fingerprint density at radius 2 is 2.15 bits per heavy atom. The predicted octanol–water partition coefficient (Wildman–Crippen LogP) is 3.35. The highest BCUT2D eigenvalue weighted by atomic mass is 79.9. The van der Waals surface area contributed by atoms with E-state index in [1.165, 1.54) is 33.9 Å². The first-order chi connectivity index (χ1) is 6.34. The molecule has 72 valence electrons. The van der Waals surface area contributed by atoms with Crippen LogP contribution in [0.5, 0.6) is 0 Å². The number of piperidine rings is 1. The quantitative estimate of drug-likeness (QED) is 0.890. The van der Waals surface area contributed by atoms with Gasteiger partial charge in [-0.15, -0.1) is 23.1 Å². The average molecular weight is 278 g/mol. The molecule has 0 aliphatic carbocycles. The van der Waals surface area contributed by atoms with Crippen LogP contribution in [0.15, 0.2) is 20.1 Å². The van der Waals surface area contributed by atoms with Gasteiger partial charge in [-0.25, -0.2) is 0 Å². The molecule has 1 N–H and O–H groups in total. The van der Waals surface area contributed by atoms with Gasteiger partial charge in [0.25, 0.3) is 0 Å². The van der Waals surface area contributed by atoms with Gasteiger partial charge in [0, 0.05) is 5.25 Å². The Kier molecular flexibility index (Phi) is 3.72. The van der Waals surface area contributed by atoms with Gasteiger partial charge in [0.15, 0.2) is 0 Å². The number of rotatable bonds is 2. The summed E-state index contributed by atoms with van der Waals surface area (Å²) in [6.07, 6.45) is 2.61. The molecule has 1 aliphatic heterocycles. The van der Waals surface area contributed by atoms with Crippen molar-refractivity contribution in [2.24, 2.45) is 0 Å². The summed E-state index contributed by atoms with van der Waals surface area (Å²) in [5.74, 6) is 0. The van der Waals surface area contributed by atoms with Crippen molar-refractivity contribution in [1.29, 1.82) is 0 Å². The van der Waals surface area contributed by atoms with E-state index in [1.54, 1.807) is 0 Å². The SMILES string of the molecule is Brc1ccc(SC2CCNCC2)s1. The van der Waals surface area contributed by atoms with Crippen LogP contribution in [0.25, 0.3) is 0 Å². The number of thiophene rings is 1. The highest BCUT2D eigenvalue weighted by Crippen LogP contribution is 2.35. The third-order valence-corrected chi connectivity index (χ3v) is 5.25. The molecule has 1 aromatic rings. The molecule has 0 spiro atoms. The second-order valence-electron chi connectivity index (χ2n) is 3.13. The van der Waals surface area contributed by atoms with Crippen LogP contribution in [0, 0.1) is 0 Å². The van der Waals surface area contributed by atoms with Gasteiger partial charge >= 0.3 is 0 Å². The lowest BCUT2D eigenvalue weighted by molar-refractivity contribution is 0.532. The number of hydrogen-bond donors (Lipinski definition) is 1. The van der Waals surface area contributed by atoms with Gasteiger partial charge in [-0.2, -0.15) is 0 Å². The van der Waals surface area contributed by atoms with Crippen molar-refractivity contribution in [2.75, 3.05) is 13.1 Å². The lowest BCUT2D eigenvalue weighted by Gasteiger charge is -2.21. The highest BCUT2D eigenvalue weighted by molar-refractivity contribution is 9.11. The highest BCUT2D eigenvalue weighted by Gasteiger charge is 2.14. The van der Waals surface area contributed by atoms with Gasteiger partial charge in [-0.1, -0.05) is 0 Å². The maximum absolute atomic E-state index is 3.49. The van der Waals surface area contributed by atoms with Crippen molar-refractivity contribution in [3.63, 3.8) is 0 Å². The summed E-state index contributed by atoms with van der Waals surface area (Å²) >= 11 is 7.36. The number of thioether (sulfide) groups is 1. The van der Waals surface area contributed by atoms with E-state index in [9.17, 15) is 0 Å². The fourth-order valence-electron chi connectivity index (χ4n) is 1.44. The summed E-state index contributed by atoms with van der Waals surface area (Å²) in [5.41, 5.74) is 0. The molecule has 1 nitrogen and oxygen atoms in total. The van der Waals surface area contributed by atoms with Gasteiger partial charge in [-0.3, -0.25) is 0 Å². The fourth-order valence-corrected chi connectivity index (χ4v) is 4.70. The smallest absolute Gasteiger partial charge is 0.0710 e. The molecule has 0 saturated carbocycles. The third kappa shape index (κ3) is 2.98. The van der Waals surface area contributed by atoms with Crippen molar-refractivity contribution in [1.82, 2.24) is 5.32 Å². The molecule has 0 bridgehead atoms. The number of hydrogen-bond acceptors (Lipinski definition) is 3. The second-order valence-corrected chi connectivity index (χ2v) is 7.19. The van der Waals surface area contributed by atoms with E-state index in [4.69, 9.17) is 0 Å². The van der Waals surface area contributed by atoms with Crippen LogP contribution in [0.2, 0.25) is 0 Å². The lowest BCUT2D eigenvalue weighted by atomic mass is 10.2. The summed E-state index contributed by atoms with van der Waals surface area (Å²) in [6.45, 7) is 2.37. The molecule has 1 saturated heterocycles. The molecule has 0 amide bonds. The average Bonchev–Trinajstić information content (AvgIpc) is 2.53. The predicted molar refractivity (Wildman–Crippen MR) is 63.8 cm³/mol. The van der Waals surface area contributed by atoms with E-state index in [2.05, 4.69) is 33.4 Å². The molecule has 0 radical (unpaired) electrons. The van der Waals surface area contributed by atoms with Crippen molar-refractivity contribution in [3.8, 4) is 0 Å². The zero-order valence-electron chi connectivity index (χ0n) is 7.25. The maximum Gasteiger partial charge on any atom is 0.0710 e. The van der Waals surface area contributed by atoms with Gasteiger partial charge in [0.2, 0.25) is 0 Å². The van der Waals surface area contributed by atoms with E-state index in [0.717, 1.165) is 5.25 Å². The molecule has 0 atom stereocenters. The minimum absolute atomic E-state index is 0.826. The van der Waals surface area contributed by atoms with Crippen LogP contribution in [0.1, 0.15) is 12.8 Å². The van der Waals surface area contributed by atoms with Gasteiger partial charge in [0.1, 0.15) is 0 Å².